The first kappa shape index (κ1) is 44.8. The predicted octanol–water partition coefficient (Wildman–Crippen LogP) is 3.39. The summed E-state index contributed by atoms with van der Waals surface area (Å²) >= 11 is 0. The van der Waals surface area contributed by atoms with Gasteiger partial charge in [0.2, 0.25) is 23.7 Å². The van der Waals surface area contributed by atoms with Gasteiger partial charge in [-0.15, -0.1) is 8.80 Å². The maximum absolute atomic E-state index is 13.6. The third-order valence-electron chi connectivity index (χ3n) is 6.13. The topological polar surface area (TPSA) is 218 Å². The monoisotopic (exact) mass is 821 g/mol. The first-order valence-electron chi connectivity index (χ1n) is 14.6. The molecule has 0 aromatic heterocycles. The van der Waals surface area contributed by atoms with E-state index in [4.69, 9.17) is 23.7 Å². The van der Waals surface area contributed by atoms with Crippen molar-refractivity contribution in [3.63, 3.8) is 0 Å². The number of hydrogen-bond donors (Lipinski definition) is 2. The zero-order chi connectivity index (χ0) is 41.4. The number of nitrogens with zero attached hydrogens (tertiary/aromatic N) is 3. The predicted molar refractivity (Wildman–Crippen MR) is 176 cm³/mol. The molecule has 2 aromatic rings. The minimum Gasteiger partial charge on any atom is -0.493 e. The second-order valence-electron chi connectivity index (χ2n) is 11.3. The molecule has 0 spiro atoms. The Morgan fingerprint density at radius 3 is 1.24 bits per heavy atom. The number of guanidine groups is 2. The Bertz CT molecular complexity index is 1880. The fourth-order valence-corrected chi connectivity index (χ4v) is 4.76. The molecule has 0 saturated carbocycles. The molecule has 300 valence electrons. The molecule has 2 aromatic carbocycles. The van der Waals surface area contributed by atoms with Crippen LogP contribution in [-0.2, 0) is 47.2 Å². The molecule has 3 amide bonds. The lowest BCUT2D eigenvalue weighted by Gasteiger charge is -2.28. The van der Waals surface area contributed by atoms with Crippen LogP contribution in [0.3, 0.4) is 0 Å². The van der Waals surface area contributed by atoms with E-state index in [1.807, 2.05) is 0 Å². The van der Waals surface area contributed by atoms with Crippen LogP contribution in [0.5, 0.6) is 23.0 Å². The molecule has 2 rings (SSSR count). The number of sulfonamides is 2. The third-order valence-corrected chi connectivity index (χ3v) is 8.12. The molecule has 17 nitrogen and oxygen atoms in total. The van der Waals surface area contributed by atoms with Crippen LogP contribution >= 0.6 is 0 Å². The van der Waals surface area contributed by atoms with Gasteiger partial charge in [0, 0.05) is 0 Å². The smallest absolute Gasteiger partial charge is 0.493 e. The summed E-state index contributed by atoms with van der Waals surface area (Å²) in [7, 11) is -8.71. The Labute approximate surface area is 304 Å². The number of ether oxygens (including phenoxy) is 5. The highest BCUT2D eigenvalue weighted by Gasteiger charge is 2.49. The minimum atomic E-state index is -6.83. The molecule has 0 aliphatic carbocycles. The number of methoxy groups -OCH3 is 4. The maximum atomic E-state index is 13.6. The van der Waals surface area contributed by atoms with Crippen molar-refractivity contribution in [2.75, 3.05) is 28.4 Å². The molecule has 0 heterocycles. The molecule has 2 N–H and O–H groups in total. The van der Waals surface area contributed by atoms with E-state index in [0.717, 1.165) is 20.8 Å². The molecule has 0 unspecified atom stereocenters. The zero-order valence-corrected chi connectivity index (χ0v) is 30.8. The highest BCUT2D eigenvalue weighted by molar-refractivity contribution is 7.91. The van der Waals surface area contributed by atoms with Crippen LogP contribution in [0, 0.1) is 0 Å². The van der Waals surface area contributed by atoms with E-state index >= 15 is 0 Å². The van der Waals surface area contributed by atoms with Crippen LogP contribution in [-0.4, -0.2) is 96.6 Å². The lowest BCUT2D eigenvalue weighted by molar-refractivity contribution is -0.119. The van der Waals surface area contributed by atoms with Gasteiger partial charge in [-0.25, -0.2) is 4.79 Å². The van der Waals surface area contributed by atoms with Crippen LogP contribution in [0.2, 0.25) is 0 Å². The lowest BCUT2D eigenvalue weighted by Crippen LogP contribution is -2.57. The Morgan fingerprint density at radius 2 is 0.963 bits per heavy atom. The average molecular weight is 822 g/mol. The van der Waals surface area contributed by atoms with E-state index in [2.05, 4.69) is 8.80 Å². The number of alkyl halides is 6. The summed E-state index contributed by atoms with van der Waals surface area (Å²) in [6.45, 7) is 3.38. The van der Waals surface area contributed by atoms with E-state index in [9.17, 15) is 57.6 Å². The second kappa shape index (κ2) is 17.2. The summed E-state index contributed by atoms with van der Waals surface area (Å²) in [5.41, 5.74) is -14.3. The van der Waals surface area contributed by atoms with Crippen molar-refractivity contribution in [1.29, 1.82) is 0 Å². The Balaban J connectivity index is 2.90. The van der Waals surface area contributed by atoms with Crippen molar-refractivity contribution in [2.24, 2.45) is 8.80 Å². The van der Waals surface area contributed by atoms with Gasteiger partial charge in [-0.3, -0.25) is 20.2 Å². The van der Waals surface area contributed by atoms with Gasteiger partial charge >= 0.3 is 37.2 Å². The van der Waals surface area contributed by atoms with E-state index in [1.165, 1.54) is 75.5 Å². The molecular formula is C29H33F6N5O12S2. The highest BCUT2D eigenvalue weighted by atomic mass is 32.2. The number of amides is 3. The first-order chi connectivity index (χ1) is 24.7. The Kier molecular flexibility index (Phi) is 14.3. The Hall–Kier alpha value is -5.33. The van der Waals surface area contributed by atoms with Crippen molar-refractivity contribution >= 4 is 49.9 Å². The molecule has 0 aliphatic rings. The van der Waals surface area contributed by atoms with E-state index in [1.54, 1.807) is 0 Å². The number of hydrogen-bond acceptors (Lipinski definition) is 12. The van der Waals surface area contributed by atoms with Gasteiger partial charge in [0.05, 0.1) is 41.3 Å². The molecule has 0 radical (unpaired) electrons. The van der Waals surface area contributed by atoms with Crippen molar-refractivity contribution < 1.29 is 81.2 Å². The van der Waals surface area contributed by atoms with Crippen LogP contribution in [0.1, 0.15) is 31.9 Å². The molecule has 25 heteroatoms. The summed E-state index contributed by atoms with van der Waals surface area (Å²) in [5.74, 6) is -6.84. The molecule has 54 heavy (non-hydrogen) atoms. The van der Waals surface area contributed by atoms with Crippen molar-refractivity contribution in [3.8, 4) is 23.0 Å². The lowest BCUT2D eigenvalue weighted by atomic mass is 10.1. The summed E-state index contributed by atoms with van der Waals surface area (Å²) in [4.78, 5) is 39.2. The molecular weight excluding hydrogens is 788 g/mol. The van der Waals surface area contributed by atoms with Gasteiger partial charge in [0.15, 0.2) is 23.0 Å². The van der Waals surface area contributed by atoms with Gasteiger partial charge in [-0.1, -0.05) is 12.1 Å². The number of carbonyl (C=O) groups is 3. The molecule has 0 bridgehead atoms. The summed E-state index contributed by atoms with van der Waals surface area (Å²) < 4.78 is 161. The maximum Gasteiger partial charge on any atom is 0.518 e. The number of nitrogens with one attached hydrogen (secondary N) is 2. The highest BCUT2D eigenvalue weighted by Crippen LogP contribution is 2.30. The van der Waals surface area contributed by atoms with E-state index in [-0.39, 0.29) is 34.1 Å². The fraction of sp³-hybridized carbons (Fsp3) is 0.414. The SMILES string of the molecule is COc1ccc(CC(=O)NC(=NS(=O)(=O)C(F)(F)F)N(C(=O)OC(C)(C)C)C(=NS(=O)(=O)C(F)(F)F)NC(=O)Cc2ccc(OC)c(OC)c2)cc1OC. The van der Waals surface area contributed by atoms with Crippen molar-refractivity contribution in [1.82, 2.24) is 15.5 Å². The van der Waals surface area contributed by atoms with Gasteiger partial charge in [-0.2, -0.15) is 48.1 Å². The first-order valence-corrected chi connectivity index (χ1v) is 17.4. The summed E-state index contributed by atoms with van der Waals surface area (Å²) in [6.07, 6.45) is -3.94. The van der Waals surface area contributed by atoms with Crippen LogP contribution in [0.15, 0.2) is 45.2 Å². The number of rotatable bonds is 10. The van der Waals surface area contributed by atoms with E-state index in [0.29, 0.717) is 0 Å². The van der Waals surface area contributed by atoms with E-state index < -0.39 is 84.2 Å². The third kappa shape index (κ3) is 12.1. The minimum absolute atomic E-state index is 0.00348. The van der Waals surface area contributed by atoms with Crippen LogP contribution in [0.25, 0.3) is 0 Å². The van der Waals surface area contributed by atoms with Crippen molar-refractivity contribution in [2.45, 2.75) is 50.2 Å². The van der Waals surface area contributed by atoms with Gasteiger partial charge in [-0.05, 0) is 56.2 Å². The summed E-state index contributed by atoms with van der Waals surface area (Å²) in [6, 6.07) is 7.46. The number of carbonyl (C=O) groups excluding carboxylic acids is 3. The van der Waals surface area contributed by atoms with Crippen molar-refractivity contribution in [3.05, 3.63) is 47.5 Å². The zero-order valence-electron chi connectivity index (χ0n) is 29.2. The largest absolute Gasteiger partial charge is 0.518 e. The van der Waals surface area contributed by atoms with Gasteiger partial charge < -0.3 is 23.7 Å². The molecule has 0 saturated heterocycles. The van der Waals surface area contributed by atoms with Crippen LogP contribution in [0.4, 0.5) is 31.1 Å². The van der Waals surface area contributed by atoms with Gasteiger partial charge in [0.1, 0.15) is 5.60 Å². The van der Waals surface area contributed by atoms with Crippen LogP contribution < -0.4 is 29.6 Å². The average Bonchev–Trinajstić information content (AvgIpc) is 3.02. The summed E-state index contributed by atoms with van der Waals surface area (Å²) in [5, 5.41) is 3.06. The van der Waals surface area contributed by atoms with Gasteiger partial charge in [0.25, 0.3) is 0 Å². The quantitative estimate of drug-likeness (QED) is 0.200. The number of benzene rings is 2. The molecule has 0 fully saturated rings. The molecule has 0 atom stereocenters. The fourth-order valence-electron chi connectivity index (χ4n) is 3.84. The number of halogens is 6. The Morgan fingerprint density at radius 1 is 0.630 bits per heavy atom. The molecule has 0 aliphatic heterocycles. The normalized spacial score (nSPS) is 13.1. The standard InChI is InChI=1S/C29H33F6N5O12S2/c1-27(2,3)52-26(43)40(24(38-53(44,45)28(30,31)32)36-22(41)14-16-8-10-18(48-4)20(12-16)50-6)25(39-54(46,47)29(33,34)35)37-23(42)15-17-9-11-19(49-5)21(13-17)51-7/h8-13H,14-15H2,1-7H3,(H,36,38,41)(H,37,39,42). The second-order valence-corrected chi connectivity index (χ2v) is 14.5.